The van der Waals surface area contributed by atoms with Gasteiger partial charge in [-0.1, -0.05) is 6.92 Å². The number of nitrogens with zero attached hydrogens (tertiary/aromatic N) is 3. The van der Waals surface area contributed by atoms with Gasteiger partial charge in [0.2, 0.25) is 0 Å². The molecule has 1 fully saturated rings. The average molecular weight is 408 g/mol. The highest BCUT2D eigenvalue weighted by Crippen LogP contribution is 2.33. The van der Waals surface area contributed by atoms with Crippen LogP contribution in [-0.4, -0.2) is 59.2 Å². The van der Waals surface area contributed by atoms with Crippen molar-refractivity contribution in [2.45, 2.75) is 71.5 Å². The van der Waals surface area contributed by atoms with Crippen LogP contribution in [-0.2, 0) is 9.47 Å². The van der Waals surface area contributed by atoms with E-state index in [1.165, 1.54) is 0 Å². The highest BCUT2D eigenvalue weighted by Gasteiger charge is 2.30. The summed E-state index contributed by atoms with van der Waals surface area (Å²) >= 11 is 0. The Hall–Kier alpha value is -2.58. The summed E-state index contributed by atoms with van der Waals surface area (Å²) in [6.45, 7) is 10.5. The summed E-state index contributed by atoms with van der Waals surface area (Å²) in [4.78, 5) is 25.8. The number of aromatic nitrogens is 2. The van der Waals surface area contributed by atoms with E-state index in [2.05, 4.69) is 15.5 Å². The Morgan fingerprint density at radius 1 is 1.28 bits per heavy atom. The molecule has 1 aromatic heterocycles. The molecule has 0 radical (unpaired) electrons. The Balaban J connectivity index is 1.99. The van der Waals surface area contributed by atoms with E-state index >= 15 is 0 Å². The largest absolute Gasteiger partial charge is 0.495 e. The molecule has 9 heteroatoms. The molecule has 0 bridgehead atoms. The summed E-state index contributed by atoms with van der Waals surface area (Å²) in [5.41, 5.74) is 0.207. The number of rotatable bonds is 5. The first-order valence-corrected chi connectivity index (χ1v) is 10.00. The molecule has 1 unspecified atom stereocenters. The summed E-state index contributed by atoms with van der Waals surface area (Å²) < 4.78 is 16.1. The minimum atomic E-state index is -0.575. The molecule has 0 saturated carbocycles. The van der Waals surface area contributed by atoms with Crippen LogP contribution in [0.5, 0.6) is 5.75 Å². The molecule has 9 nitrogen and oxygen atoms in total. The Labute approximate surface area is 172 Å². The normalized spacial score (nSPS) is 16.1. The lowest BCUT2D eigenvalue weighted by Gasteiger charge is -2.33. The molecule has 2 heterocycles. The molecule has 0 spiro atoms. The third kappa shape index (κ3) is 6.76. The number of likely N-dealkylation sites (tertiary alicyclic amines) is 1. The summed E-state index contributed by atoms with van der Waals surface area (Å²) in [6.07, 6.45) is 1.13. The van der Waals surface area contributed by atoms with Gasteiger partial charge in [-0.25, -0.2) is 9.59 Å². The fourth-order valence-corrected chi connectivity index (χ4v) is 2.95. The molecule has 2 rings (SSSR count). The number of carbonyl (C=O) groups excluding carboxylic acids is 2. The summed E-state index contributed by atoms with van der Waals surface area (Å²) in [5, 5.41) is 10.9. The molecule has 0 aromatic carbocycles. The lowest BCUT2D eigenvalue weighted by Crippen LogP contribution is -2.41. The number of ether oxygens (including phenoxy) is 3. The Bertz CT molecular complexity index is 711. The van der Waals surface area contributed by atoms with Crippen molar-refractivity contribution < 1.29 is 23.8 Å². The van der Waals surface area contributed by atoms with Crippen LogP contribution in [0.1, 0.15) is 65.5 Å². The maximum atomic E-state index is 12.2. The van der Waals surface area contributed by atoms with Crippen molar-refractivity contribution in [3.63, 3.8) is 0 Å². The fraction of sp³-hybridized carbons (Fsp3) is 0.700. The van der Waals surface area contributed by atoms with Gasteiger partial charge in [0.1, 0.15) is 23.1 Å². The lowest BCUT2D eigenvalue weighted by atomic mass is 9.93. The van der Waals surface area contributed by atoms with Gasteiger partial charge in [0.05, 0.1) is 7.11 Å². The van der Waals surface area contributed by atoms with Crippen LogP contribution in [0.4, 0.5) is 15.4 Å². The molecule has 1 aromatic rings. The van der Waals surface area contributed by atoms with E-state index in [0.29, 0.717) is 18.8 Å². The van der Waals surface area contributed by atoms with Crippen LogP contribution in [0.3, 0.4) is 0 Å². The van der Waals surface area contributed by atoms with Gasteiger partial charge in [0, 0.05) is 25.1 Å². The van der Waals surface area contributed by atoms with Gasteiger partial charge in [-0.2, -0.15) is 0 Å². The summed E-state index contributed by atoms with van der Waals surface area (Å²) in [7, 11) is 1.55. The van der Waals surface area contributed by atoms with Crippen LogP contribution in [0.15, 0.2) is 6.07 Å². The quantitative estimate of drug-likeness (QED) is 0.787. The van der Waals surface area contributed by atoms with Crippen molar-refractivity contribution in [3.05, 3.63) is 11.8 Å². The van der Waals surface area contributed by atoms with Gasteiger partial charge < -0.3 is 19.1 Å². The second-order valence-electron chi connectivity index (χ2n) is 8.17. The van der Waals surface area contributed by atoms with Crippen LogP contribution in [0.25, 0.3) is 0 Å². The van der Waals surface area contributed by atoms with E-state index < -0.39 is 11.7 Å². The maximum absolute atomic E-state index is 12.2. The second kappa shape index (κ2) is 9.76. The first-order chi connectivity index (χ1) is 13.6. The lowest BCUT2D eigenvalue weighted by molar-refractivity contribution is 0.0203. The SMILES string of the molecule is CCC(C)OC(=O)Nc1cc(OC)c(C2CCN(C(=O)OC(C)(C)C)CC2)nn1. The van der Waals surface area contributed by atoms with E-state index in [1.807, 2.05) is 34.6 Å². The number of hydrogen-bond donors (Lipinski definition) is 1. The molecule has 2 amide bonds. The Morgan fingerprint density at radius 2 is 1.93 bits per heavy atom. The summed E-state index contributed by atoms with van der Waals surface area (Å²) in [6, 6.07) is 1.64. The van der Waals surface area contributed by atoms with Crippen LogP contribution in [0.2, 0.25) is 0 Å². The zero-order valence-corrected chi connectivity index (χ0v) is 18.2. The van der Waals surface area contributed by atoms with Crippen LogP contribution in [0, 0.1) is 0 Å². The van der Waals surface area contributed by atoms with E-state index in [9.17, 15) is 9.59 Å². The van der Waals surface area contributed by atoms with Crippen LogP contribution >= 0.6 is 0 Å². The maximum Gasteiger partial charge on any atom is 0.413 e. The first kappa shape index (κ1) is 22.7. The third-order valence-corrected chi connectivity index (χ3v) is 4.65. The van der Waals surface area contributed by atoms with Gasteiger partial charge in [-0.15, -0.1) is 10.2 Å². The first-order valence-electron chi connectivity index (χ1n) is 10.00. The number of nitrogens with one attached hydrogen (secondary N) is 1. The zero-order chi connectivity index (χ0) is 21.6. The molecule has 162 valence electrons. The van der Waals surface area contributed by atoms with Crippen molar-refractivity contribution in [3.8, 4) is 5.75 Å². The van der Waals surface area contributed by atoms with Crippen LogP contribution < -0.4 is 10.1 Å². The van der Waals surface area contributed by atoms with E-state index in [1.54, 1.807) is 18.1 Å². The number of piperidine rings is 1. The fourth-order valence-electron chi connectivity index (χ4n) is 2.95. The van der Waals surface area contributed by atoms with Gasteiger partial charge >= 0.3 is 12.2 Å². The number of methoxy groups -OCH3 is 1. The molecule has 1 aliphatic heterocycles. The molecule has 0 aliphatic carbocycles. The second-order valence-corrected chi connectivity index (χ2v) is 8.17. The van der Waals surface area contributed by atoms with Crippen molar-refractivity contribution in [2.75, 3.05) is 25.5 Å². The molecule has 1 aliphatic rings. The highest BCUT2D eigenvalue weighted by atomic mass is 16.6. The summed E-state index contributed by atoms with van der Waals surface area (Å²) in [5.74, 6) is 0.928. The number of carbonyl (C=O) groups is 2. The number of hydrogen-bond acceptors (Lipinski definition) is 7. The topological polar surface area (TPSA) is 103 Å². The number of amides is 2. The van der Waals surface area contributed by atoms with E-state index in [4.69, 9.17) is 14.2 Å². The Morgan fingerprint density at radius 3 is 2.48 bits per heavy atom. The minimum absolute atomic E-state index is 0.109. The number of anilines is 1. The molecule has 1 saturated heterocycles. The van der Waals surface area contributed by atoms with E-state index in [0.717, 1.165) is 25.0 Å². The molecular formula is C20H32N4O5. The zero-order valence-electron chi connectivity index (χ0n) is 18.2. The average Bonchev–Trinajstić information content (AvgIpc) is 2.66. The predicted octanol–water partition coefficient (Wildman–Crippen LogP) is 3.95. The molecular weight excluding hydrogens is 376 g/mol. The van der Waals surface area contributed by atoms with Gasteiger partial charge in [0.15, 0.2) is 5.82 Å². The molecule has 29 heavy (non-hydrogen) atoms. The van der Waals surface area contributed by atoms with E-state index in [-0.39, 0.29) is 23.9 Å². The standard InChI is InChI=1S/C20H32N4O5/c1-7-13(2)28-18(25)21-16-12-15(27-6)17(23-22-16)14-8-10-24(11-9-14)19(26)29-20(3,4)5/h12-14H,7-11H2,1-6H3,(H,21,22,25). The Kier molecular flexibility index (Phi) is 7.64. The molecule has 1 N–H and O–H groups in total. The minimum Gasteiger partial charge on any atom is -0.495 e. The van der Waals surface area contributed by atoms with Crippen molar-refractivity contribution in [1.82, 2.24) is 15.1 Å². The van der Waals surface area contributed by atoms with Gasteiger partial charge in [0.25, 0.3) is 0 Å². The monoisotopic (exact) mass is 408 g/mol. The molecule has 1 atom stereocenters. The smallest absolute Gasteiger partial charge is 0.413 e. The highest BCUT2D eigenvalue weighted by molar-refractivity contribution is 5.83. The predicted molar refractivity (Wildman–Crippen MR) is 108 cm³/mol. The van der Waals surface area contributed by atoms with Gasteiger partial charge in [-0.3, -0.25) is 5.32 Å². The van der Waals surface area contributed by atoms with Crippen molar-refractivity contribution in [1.29, 1.82) is 0 Å². The van der Waals surface area contributed by atoms with Crippen molar-refractivity contribution in [2.24, 2.45) is 0 Å². The van der Waals surface area contributed by atoms with Crippen molar-refractivity contribution >= 4 is 18.0 Å². The third-order valence-electron chi connectivity index (χ3n) is 4.65. The van der Waals surface area contributed by atoms with Gasteiger partial charge in [-0.05, 0) is 47.0 Å².